The molecular formula is C14H16ClF5N2O2. The Kier molecular flexibility index (Phi) is 5.46. The molecule has 3 rings (SSSR count). The van der Waals surface area contributed by atoms with Crippen LogP contribution in [0.15, 0.2) is 18.2 Å². The Morgan fingerprint density at radius 1 is 1.17 bits per heavy atom. The molecule has 1 N–H and O–H groups in total. The van der Waals surface area contributed by atoms with Gasteiger partial charge in [-0.1, -0.05) is 12.1 Å². The molecule has 2 aliphatic heterocycles. The highest BCUT2D eigenvalue weighted by molar-refractivity contribution is 5.85. The molecule has 1 aromatic rings. The Balaban J connectivity index is 0.00000208. The monoisotopic (exact) mass is 374 g/mol. The first-order valence-corrected chi connectivity index (χ1v) is 7.15. The van der Waals surface area contributed by atoms with E-state index in [1.165, 1.54) is 18.2 Å². The van der Waals surface area contributed by atoms with Gasteiger partial charge in [-0.2, -0.15) is 13.2 Å². The van der Waals surface area contributed by atoms with Crippen LogP contribution in [0.2, 0.25) is 0 Å². The summed E-state index contributed by atoms with van der Waals surface area (Å²) in [6.07, 6.45) is -9.43. The molecule has 10 heteroatoms. The summed E-state index contributed by atoms with van der Waals surface area (Å²) >= 11 is 0. The van der Waals surface area contributed by atoms with Gasteiger partial charge in [0.1, 0.15) is 0 Å². The zero-order valence-electron chi connectivity index (χ0n) is 12.4. The lowest BCUT2D eigenvalue weighted by molar-refractivity contribution is -0.287. The summed E-state index contributed by atoms with van der Waals surface area (Å²) in [5.74, 6) is -0.555. The van der Waals surface area contributed by atoms with Gasteiger partial charge in [-0.3, -0.25) is 4.90 Å². The number of halogens is 6. The van der Waals surface area contributed by atoms with Gasteiger partial charge in [0.2, 0.25) is 0 Å². The maximum atomic E-state index is 13.3. The number of alkyl halides is 5. The van der Waals surface area contributed by atoms with Gasteiger partial charge in [0, 0.05) is 37.8 Å². The highest BCUT2D eigenvalue weighted by Crippen LogP contribution is 2.48. The van der Waals surface area contributed by atoms with Crippen LogP contribution in [0.3, 0.4) is 0 Å². The van der Waals surface area contributed by atoms with Crippen molar-refractivity contribution in [3.63, 3.8) is 0 Å². The summed E-state index contributed by atoms with van der Waals surface area (Å²) in [5.41, 5.74) is 0.0684. The Hall–Kier alpha value is -1.32. The minimum Gasteiger partial charge on any atom is -0.395 e. The Bertz CT molecular complexity index is 579. The zero-order valence-corrected chi connectivity index (χ0v) is 13.2. The van der Waals surface area contributed by atoms with Crippen molar-refractivity contribution in [2.75, 3.05) is 26.2 Å². The van der Waals surface area contributed by atoms with E-state index in [1.54, 1.807) is 4.90 Å². The van der Waals surface area contributed by atoms with E-state index >= 15 is 0 Å². The predicted molar refractivity (Wildman–Crippen MR) is 77.7 cm³/mol. The molecule has 1 saturated heterocycles. The number of nitrogens with one attached hydrogen (secondary N) is 1. The molecule has 2 aliphatic rings. The quantitative estimate of drug-likeness (QED) is 0.823. The van der Waals surface area contributed by atoms with E-state index in [2.05, 4.69) is 14.8 Å². The smallest absolute Gasteiger partial charge is 0.395 e. The largest absolute Gasteiger partial charge is 0.586 e. The summed E-state index contributed by atoms with van der Waals surface area (Å²) in [6, 6.07) is 2.93. The Morgan fingerprint density at radius 3 is 2.46 bits per heavy atom. The second-order valence-corrected chi connectivity index (χ2v) is 5.46. The number of ether oxygens (including phenoxy) is 2. The van der Waals surface area contributed by atoms with Crippen LogP contribution in [0.5, 0.6) is 11.5 Å². The summed E-state index contributed by atoms with van der Waals surface area (Å²) in [6.45, 7) is 1.86. The number of nitrogens with zero attached hydrogens (tertiary/aromatic N) is 1. The molecule has 24 heavy (non-hydrogen) atoms. The van der Waals surface area contributed by atoms with Crippen LogP contribution < -0.4 is 14.8 Å². The highest BCUT2D eigenvalue weighted by atomic mass is 35.5. The molecule has 0 saturated carbocycles. The number of rotatable bonds is 3. The average Bonchev–Trinajstić information content (AvgIpc) is 2.78. The number of hydrogen-bond acceptors (Lipinski definition) is 4. The minimum absolute atomic E-state index is 0. The van der Waals surface area contributed by atoms with Gasteiger partial charge < -0.3 is 14.8 Å². The van der Waals surface area contributed by atoms with E-state index in [0.717, 1.165) is 0 Å². The first-order valence-electron chi connectivity index (χ1n) is 7.15. The van der Waals surface area contributed by atoms with Gasteiger partial charge in [0.05, 0.1) is 6.42 Å². The molecule has 1 fully saturated rings. The molecular weight excluding hydrogens is 359 g/mol. The van der Waals surface area contributed by atoms with E-state index < -0.39 is 24.9 Å². The lowest BCUT2D eigenvalue weighted by atomic mass is 9.99. The first kappa shape index (κ1) is 19.0. The van der Waals surface area contributed by atoms with Crippen molar-refractivity contribution >= 4 is 12.4 Å². The Labute approximate surface area is 141 Å². The van der Waals surface area contributed by atoms with E-state index in [0.29, 0.717) is 26.2 Å². The molecule has 4 nitrogen and oxygen atoms in total. The number of para-hydroxylation sites is 1. The Morgan fingerprint density at radius 2 is 1.83 bits per heavy atom. The van der Waals surface area contributed by atoms with Crippen LogP contribution in [0, 0.1) is 0 Å². The van der Waals surface area contributed by atoms with Gasteiger partial charge in [-0.25, -0.2) is 0 Å². The fourth-order valence-electron chi connectivity index (χ4n) is 2.90. The molecule has 0 bridgehead atoms. The third-order valence-corrected chi connectivity index (χ3v) is 3.84. The van der Waals surface area contributed by atoms with Gasteiger partial charge in [-0.05, 0) is 6.07 Å². The lowest BCUT2D eigenvalue weighted by Gasteiger charge is -2.35. The van der Waals surface area contributed by atoms with Gasteiger partial charge >= 0.3 is 12.5 Å². The maximum absolute atomic E-state index is 13.3. The van der Waals surface area contributed by atoms with E-state index in [-0.39, 0.29) is 29.5 Å². The fraction of sp³-hybridized carbons (Fsp3) is 0.571. The van der Waals surface area contributed by atoms with E-state index in [1.807, 2.05) is 0 Å². The third kappa shape index (κ3) is 4.20. The van der Waals surface area contributed by atoms with E-state index in [9.17, 15) is 22.0 Å². The molecule has 136 valence electrons. The number of piperazine rings is 1. The zero-order chi connectivity index (χ0) is 16.7. The van der Waals surface area contributed by atoms with Gasteiger partial charge in [-0.15, -0.1) is 21.2 Å². The SMILES string of the molecule is Cl.FC(F)(F)C[C@@H](c1cccc2c1OC(F)(F)O2)N1CCNCC1. The van der Waals surface area contributed by atoms with Crippen LogP contribution >= 0.6 is 12.4 Å². The first-order chi connectivity index (χ1) is 10.8. The van der Waals surface area contributed by atoms with Crippen LogP contribution in [0.25, 0.3) is 0 Å². The summed E-state index contributed by atoms with van der Waals surface area (Å²) in [7, 11) is 0. The molecule has 1 atom stereocenters. The maximum Gasteiger partial charge on any atom is 0.586 e. The van der Waals surface area contributed by atoms with Crippen LogP contribution in [0.1, 0.15) is 18.0 Å². The normalized spacial score (nSPS) is 21.2. The topological polar surface area (TPSA) is 33.7 Å². The minimum atomic E-state index is -4.43. The fourth-order valence-corrected chi connectivity index (χ4v) is 2.90. The van der Waals surface area contributed by atoms with Crippen molar-refractivity contribution in [2.45, 2.75) is 24.9 Å². The molecule has 1 aromatic carbocycles. The summed E-state index contributed by atoms with van der Waals surface area (Å²) < 4.78 is 74.3. The highest BCUT2D eigenvalue weighted by Gasteiger charge is 2.46. The number of hydrogen-bond donors (Lipinski definition) is 1. The van der Waals surface area contributed by atoms with Gasteiger partial charge in [0.25, 0.3) is 0 Å². The second-order valence-electron chi connectivity index (χ2n) is 5.46. The summed E-state index contributed by atoms with van der Waals surface area (Å²) in [5, 5.41) is 3.05. The van der Waals surface area contributed by atoms with Crippen LogP contribution in [-0.2, 0) is 0 Å². The van der Waals surface area contributed by atoms with Crippen molar-refractivity contribution in [1.29, 1.82) is 0 Å². The van der Waals surface area contributed by atoms with Crippen LogP contribution in [0.4, 0.5) is 22.0 Å². The standard InChI is InChI=1S/C14H15F5N2O2.ClH/c15-13(16,17)8-10(21-6-4-20-5-7-21)9-2-1-3-11-12(9)23-14(18,19)22-11;/h1-3,10,20H,4-8H2;1H/t10-;/m0./s1. The number of benzene rings is 1. The molecule has 0 aromatic heterocycles. The van der Waals surface area contributed by atoms with Crippen LogP contribution in [-0.4, -0.2) is 43.5 Å². The molecule has 2 heterocycles. The molecule has 0 radical (unpaired) electrons. The number of fused-ring (bicyclic) bond motifs is 1. The van der Waals surface area contributed by atoms with Crippen molar-refractivity contribution in [3.05, 3.63) is 23.8 Å². The van der Waals surface area contributed by atoms with Crippen molar-refractivity contribution < 1.29 is 31.4 Å². The molecule has 0 spiro atoms. The van der Waals surface area contributed by atoms with Crippen molar-refractivity contribution in [2.24, 2.45) is 0 Å². The molecule has 0 aliphatic carbocycles. The predicted octanol–water partition coefficient (Wildman–Crippen LogP) is 3.33. The third-order valence-electron chi connectivity index (χ3n) is 3.84. The van der Waals surface area contributed by atoms with E-state index in [4.69, 9.17) is 0 Å². The second kappa shape index (κ2) is 6.89. The van der Waals surface area contributed by atoms with Gasteiger partial charge in [0.15, 0.2) is 11.5 Å². The molecule has 0 unspecified atom stereocenters. The molecule has 0 amide bonds. The lowest BCUT2D eigenvalue weighted by Crippen LogP contribution is -2.46. The summed E-state index contributed by atoms with van der Waals surface area (Å²) in [4.78, 5) is 1.62. The average molecular weight is 375 g/mol. The van der Waals surface area contributed by atoms with Crippen molar-refractivity contribution in [3.8, 4) is 11.5 Å². The van der Waals surface area contributed by atoms with Crippen molar-refractivity contribution in [1.82, 2.24) is 10.2 Å².